The Morgan fingerprint density at radius 1 is 1.03 bits per heavy atom. The Morgan fingerprint density at radius 3 is 2.27 bits per heavy atom. The topological polar surface area (TPSA) is 46.6 Å². The zero-order valence-electron chi connectivity index (χ0n) is 17.1. The molecule has 2 atom stereocenters. The maximum atomic E-state index is 14.9. The molecule has 4 rings (SSSR count). The maximum absolute atomic E-state index is 14.9. The van der Waals surface area contributed by atoms with Crippen LogP contribution in [0.2, 0.25) is 0 Å². The molecule has 2 unspecified atom stereocenters. The van der Waals surface area contributed by atoms with E-state index in [-0.39, 0.29) is 6.04 Å². The van der Waals surface area contributed by atoms with Gasteiger partial charge in [0.05, 0.1) is 0 Å². The van der Waals surface area contributed by atoms with Crippen LogP contribution in [0, 0.1) is 11.6 Å². The normalized spacial score (nSPS) is 20.7. The van der Waals surface area contributed by atoms with Gasteiger partial charge in [-0.3, -0.25) is 4.79 Å². The molecular formula is C23H26F2N2O2S. The van der Waals surface area contributed by atoms with Crippen LogP contribution in [-0.4, -0.2) is 58.7 Å². The molecule has 2 aromatic carbocycles. The summed E-state index contributed by atoms with van der Waals surface area (Å²) in [6.45, 7) is 3.37. The van der Waals surface area contributed by atoms with Crippen LogP contribution in [0.25, 0.3) is 11.1 Å². The third-order valence-electron chi connectivity index (χ3n) is 6.08. The Kier molecular flexibility index (Phi) is 6.41. The van der Waals surface area contributed by atoms with E-state index in [2.05, 4.69) is 4.90 Å². The Labute approximate surface area is 179 Å². The van der Waals surface area contributed by atoms with Crippen LogP contribution in [0.5, 0.6) is 0 Å². The molecule has 4 nitrogen and oxygen atoms in total. The van der Waals surface area contributed by atoms with Crippen molar-refractivity contribution in [3.63, 3.8) is 0 Å². The third kappa shape index (κ3) is 4.38. The molecule has 2 aromatic rings. The Hall–Kier alpha value is -1.96. The number of rotatable bonds is 5. The Balaban J connectivity index is 1.55. The minimum Gasteiger partial charge on any atom is -0.612 e. The van der Waals surface area contributed by atoms with E-state index in [1.54, 1.807) is 35.4 Å². The third-order valence-corrected chi connectivity index (χ3v) is 7.02. The first-order valence-corrected chi connectivity index (χ1v) is 12.0. The fraction of sp³-hybridized carbons (Fsp3) is 0.435. The summed E-state index contributed by atoms with van der Waals surface area (Å²) in [6.07, 6.45) is 5.64. The molecule has 0 spiro atoms. The van der Waals surface area contributed by atoms with Crippen LogP contribution < -0.4 is 0 Å². The van der Waals surface area contributed by atoms with E-state index < -0.39 is 34.3 Å². The van der Waals surface area contributed by atoms with Crippen molar-refractivity contribution in [2.45, 2.75) is 36.6 Å². The average molecular weight is 433 g/mol. The first-order valence-electron chi connectivity index (χ1n) is 10.4. The Bertz CT molecular complexity index is 891. The predicted octanol–water partition coefficient (Wildman–Crippen LogP) is 4.07. The molecule has 2 heterocycles. The summed E-state index contributed by atoms with van der Waals surface area (Å²) in [4.78, 5) is 17.7. The zero-order chi connectivity index (χ0) is 21.3. The molecule has 0 N–H and O–H groups in total. The van der Waals surface area contributed by atoms with Gasteiger partial charge in [0.2, 0.25) is 0 Å². The molecule has 30 heavy (non-hydrogen) atoms. The molecule has 1 amide bonds. The van der Waals surface area contributed by atoms with Gasteiger partial charge in [0.15, 0.2) is 4.90 Å². The van der Waals surface area contributed by atoms with Crippen molar-refractivity contribution in [3.05, 3.63) is 53.6 Å². The monoisotopic (exact) mass is 432 g/mol. The molecule has 0 bridgehead atoms. The first kappa shape index (κ1) is 21.3. The number of halogens is 2. The minimum atomic E-state index is -1.12. The summed E-state index contributed by atoms with van der Waals surface area (Å²) in [7, 11) is 0. The number of benzene rings is 2. The predicted molar refractivity (Wildman–Crippen MR) is 114 cm³/mol. The summed E-state index contributed by atoms with van der Waals surface area (Å²) in [5, 5.41) is 0. The summed E-state index contributed by atoms with van der Waals surface area (Å²) in [5.74, 6) is -2.25. The smallest absolute Gasteiger partial charge is 0.260 e. The largest absolute Gasteiger partial charge is 0.612 e. The number of hydrogen-bond acceptors (Lipinski definition) is 3. The van der Waals surface area contributed by atoms with Gasteiger partial charge in [-0.05, 0) is 97.5 Å². The van der Waals surface area contributed by atoms with Gasteiger partial charge < -0.3 is 14.4 Å². The van der Waals surface area contributed by atoms with E-state index in [4.69, 9.17) is 0 Å². The van der Waals surface area contributed by atoms with Crippen LogP contribution in [0.15, 0.2) is 41.3 Å². The second kappa shape index (κ2) is 9.04. The lowest BCUT2D eigenvalue weighted by Crippen LogP contribution is -2.43. The number of nitrogens with zero attached hydrogens (tertiary/aromatic N) is 2. The highest BCUT2D eigenvalue weighted by Gasteiger charge is 2.34. The van der Waals surface area contributed by atoms with Gasteiger partial charge in [-0.2, -0.15) is 0 Å². The molecule has 7 heteroatoms. The molecule has 2 fully saturated rings. The van der Waals surface area contributed by atoms with Crippen molar-refractivity contribution >= 4 is 17.1 Å². The summed E-state index contributed by atoms with van der Waals surface area (Å²) >= 11 is -1.12. The Morgan fingerprint density at radius 2 is 1.67 bits per heavy atom. The van der Waals surface area contributed by atoms with E-state index in [1.807, 2.05) is 0 Å². The number of amides is 1. The molecule has 2 aliphatic heterocycles. The van der Waals surface area contributed by atoms with Crippen LogP contribution in [0.1, 0.15) is 36.0 Å². The van der Waals surface area contributed by atoms with Gasteiger partial charge in [0, 0.05) is 19.1 Å². The van der Waals surface area contributed by atoms with E-state index in [1.165, 1.54) is 25.0 Å². The minimum absolute atomic E-state index is 0.0107. The molecular weight excluding hydrogens is 406 g/mol. The van der Waals surface area contributed by atoms with Crippen molar-refractivity contribution in [1.82, 2.24) is 9.80 Å². The number of carbonyl (C=O) groups excluding carboxylic acids is 1. The van der Waals surface area contributed by atoms with Crippen LogP contribution in [0.4, 0.5) is 8.78 Å². The summed E-state index contributed by atoms with van der Waals surface area (Å²) in [6, 6.07) is 9.13. The van der Waals surface area contributed by atoms with E-state index in [9.17, 15) is 18.1 Å². The fourth-order valence-electron chi connectivity index (χ4n) is 4.48. The highest BCUT2D eigenvalue weighted by molar-refractivity contribution is 7.90. The van der Waals surface area contributed by atoms with Crippen molar-refractivity contribution < 1.29 is 18.1 Å². The lowest BCUT2D eigenvalue weighted by Gasteiger charge is -2.29. The SMILES string of the molecule is C[S+]([O-])c1ccc(-c2cc(F)c(C(=O)N3CCCC3CN3CCCC3)c(F)c2)cc1. The van der Waals surface area contributed by atoms with Gasteiger partial charge in [0.25, 0.3) is 5.91 Å². The number of hydrogen-bond donors (Lipinski definition) is 0. The van der Waals surface area contributed by atoms with Crippen LogP contribution in [-0.2, 0) is 11.2 Å². The summed E-state index contributed by atoms with van der Waals surface area (Å²) < 4.78 is 41.3. The van der Waals surface area contributed by atoms with Crippen molar-refractivity contribution in [1.29, 1.82) is 0 Å². The second-order valence-corrected chi connectivity index (χ2v) is 9.48. The van der Waals surface area contributed by atoms with Gasteiger partial charge in [-0.25, -0.2) is 8.78 Å². The quantitative estimate of drug-likeness (QED) is 0.669. The molecule has 0 aliphatic carbocycles. The maximum Gasteiger partial charge on any atom is 0.260 e. The average Bonchev–Trinajstić information content (AvgIpc) is 3.40. The molecule has 160 valence electrons. The highest BCUT2D eigenvalue weighted by atomic mass is 32.2. The number of carbonyl (C=O) groups is 1. The van der Waals surface area contributed by atoms with Gasteiger partial charge in [0.1, 0.15) is 23.5 Å². The lowest BCUT2D eigenvalue weighted by atomic mass is 10.0. The van der Waals surface area contributed by atoms with Gasteiger partial charge in [-0.15, -0.1) is 0 Å². The molecule has 2 aliphatic rings. The van der Waals surface area contributed by atoms with Gasteiger partial charge in [-0.1, -0.05) is 0 Å². The second-order valence-electron chi connectivity index (χ2n) is 8.10. The van der Waals surface area contributed by atoms with Crippen molar-refractivity contribution in [3.8, 4) is 11.1 Å². The molecule has 0 saturated carbocycles. The molecule has 0 radical (unpaired) electrons. The zero-order valence-corrected chi connectivity index (χ0v) is 17.9. The van der Waals surface area contributed by atoms with E-state index in [0.717, 1.165) is 32.5 Å². The highest BCUT2D eigenvalue weighted by Crippen LogP contribution is 2.29. The van der Waals surface area contributed by atoms with E-state index in [0.29, 0.717) is 22.6 Å². The van der Waals surface area contributed by atoms with E-state index >= 15 is 0 Å². The lowest BCUT2D eigenvalue weighted by molar-refractivity contribution is 0.0699. The first-order chi connectivity index (χ1) is 14.4. The number of likely N-dealkylation sites (tertiary alicyclic amines) is 2. The van der Waals surface area contributed by atoms with Gasteiger partial charge >= 0.3 is 0 Å². The van der Waals surface area contributed by atoms with Crippen LogP contribution >= 0.6 is 0 Å². The fourth-order valence-corrected chi connectivity index (χ4v) is 5.00. The van der Waals surface area contributed by atoms with Crippen molar-refractivity contribution in [2.75, 3.05) is 32.4 Å². The standard InChI is InChI=1S/C23H26F2N2O2S/c1-30(29)19-8-6-16(7-9-19)17-13-20(24)22(21(25)14-17)23(28)27-12-4-5-18(27)15-26-10-2-3-11-26/h6-9,13-14,18H,2-5,10-12,15H2,1H3. The molecule has 0 aromatic heterocycles. The summed E-state index contributed by atoms with van der Waals surface area (Å²) in [5.41, 5.74) is 0.484. The van der Waals surface area contributed by atoms with Crippen molar-refractivity contribution in [2.24, 2.45) is 0 Å². The van der Waals surface area contributed by atoms with Crippen LogP contribution in [0.3, 0.4) is 0 Å². The molecule has 2 saturated heterocycles.